The molecule has 0 atom stereocenters. The number of ether oxygens (including phenoxy) is 2. The second-order valence-corrected chi connectivity index (χ2v) is 9.06. The Morgan fingerprint density at radius 3 is 2.83 bits per heavy atom. The molecule has 0 unspecified atom stereocenters. The Hall–Kier alpha value is -4.18. The van der Waals surface area contributed by atoms with Crippen molar-refractivity contribution in [1.82, 2.24) is 14.4 Å². The number of nitriles is 1. The lowest BCUT2D eigenvalue weighted by Gasteiger charge is -2.13. The number of fused-ring (bicyclic) bond motifs is 3. The highest BCUT2D eigenvalue weighted by Crippen LogP contribution is 2.43. The van der Waals surface area contributed by atoms with E-state index in [1.165, 1.54) is 12.1 Å². The van der Waals surface area contributed by atoms with E-state index >= 15 is 0 Å². The van der Waals surface area contributed by atoms with Gasteiger partial charge in [0.15, 0.2) is 0 Å². The minimum Gasteiger partial charge on any atom is -0.488 e. The van der Waals surface area contributed by atoms with Gasteiger partial charge in [0.05, 0.1) is 24.6 Å². The average Bonchev–Trinajstić information content (AvgIpc) is 3.67. The topological polar surface area (TPSA) is 72.4 Å². The summed E-state index contributed by atoms with van der Waals surface area (Å²) in [6.07, 6.45) is 6.63. The third-order valence-electron chi connectivity index (χ3n) is 6.75. The van der Waals surface area contributed by atoms with Gasteiger partial charge in [0.25, 0.3) is 5.88 Å². The number of hydrogen-bond donors (Lipinski definition) is 0. The van der Waals surface area contributed by atoms with E-state index in [9.17, 15) is 9.65 Å². The Labute approximate surface area is 202 Å². The molecule has 174 valence electrons. The number of methoxy groups -OCH3 is 1. The van der Waals surface area contributed by atoms with Crippen LogP contribution in [0.1, 0.15) is 59.3 Å². The van der Waals surface area contributed by atoms with E-state index in [1.54, 1.807) is 26.3 Å². The number of imidazole rings is 1. The molecular weight excluding hydrogens is 443 g/mol. The molecule has 0 radical (unpaired) electrons. The minimum atomic E-state index is -0.366. The van der Waals surface area contributed by atoms with Crippen LogP contribution in [0, 0.1) is 17.1 Å². The highest BCUT2D eigenvalue weighted by atomic mass is 19.1. The third-order valence-corrected chi connectivity index (χ3v) is 6.75. The minimum absolute atomic E-state index is 0.294. The lowest BCUT2D eigenvalue weighted by atomic mass is 9.89. The van der Waals surface area contributed by atoms with E-state index in [0.29, 0.717) is 36.1 Å². The van der Waals surface area contributed by atoms with Gasteiger partial charge in [-0.1, -0.05) is 18.2 Å². The van der Waals surface area contributed by atoms with Gasteiger partial charge in [-0.15, -0.1) is 0 Å². The molecule has 3 heterocycles. The first-order chi connectivity index (χ1) is 17.1. The lowest BCUT2D eigenvalue weighted by molar-refractivity contribution is 0.305. The molecular formula is C28H23FN4O2. The summed E-state index contributed by atoms with van der Waals surface area (Å²) < 4.78 is 27.5. The van der Waals surface area contributed by atoms with Crippen LogP contribution in [0.25, 0.3) is 11.2 Å². The van der Waals surface area contributed by atoms with E-state index in [2.05, 4.69) is 27.6 Å². The molecule has 0 spiro atoms. The fourth-order valence-corrected chi connectivity index (χ4v) is 4.92. The van der Waals surface area contributed by atoms with Crippen molar-refractivity contribution in [3.05, 3.63) is 93.8 Å². The van der Waals surface area contributed by atoms with Gasteiger partial charge in [0.1, 0.15) is 18.2 Å². The zero-order chi connectivity index (χ0) is 24.1. The van der Waals surface area contributed by atoms with Crippen molar-refractivity contribution in [1.29, 1.82) is 5.26 Å². The number of halogens is 1. The number of rotatable bonds is 4. The predicted molar refractivity (Wildman–Crippen MR) is 129 cm³/mol. The van der Waals surface area contributed by atoms with Crippen LogP contribution in [0.5, 0.6) is 11.6 Å². The van der Waals surface area contributed by atoms with E-state index in [0.717, 1.165) is 57.7 Å². The van der Waals surface area contributed by atoms with E-state index < -0.39 is 0 Å². The van der Waals surface area contributed by atoms with Crippen molar-refractivity contribution in [3.8, 4) is 17.7 Å². The quantitative estimate of drug-likeness (QED) is 0.367. The fraction of sp³-hybridized carbons (Fsp3) is 0.250. The lowest BCUT2D eigenvalue weighted by Crippen LogP contribution is -2.02. The molecule has 1 aliphatic heterocycles. The Morgan fingerprint density at radius 1 is 1.23 bits per heavy atom. The van der Waals surface area contributed by atoms with Crippen molar-refractivity contribution in [3.63, 3.8) is 0 Å². The number of aromatic nitrogens is 3. The molecule has 1 saturated carbocycles. The van der Waals surface area contributed by atoms with Gasteiger partial charge in [-0.3, -0.25) is 4.40 Å². The summed E-state index contributed by atoms with van der Waals surface area (Å²) in [5.41, 5.74) is 8.05. The van der Waals surface area contributed by atoms with Crippen LogP contribution in [-0.4, -0.2) is 21.5 Å². The molecule has 0 saturated heterocycles. The van der Waals surface area contributed by atoms with Crippen LogP contribution < -0.4 is 9.47 Å². The van der Waals surface area contributed by atoms with Gasteiger partial charge in [0.2, 0.25) is 5.65 Å². The zero-order valence-electron chi connectivity index (χ0n) is 19.5. The van der Waals surface area contributed by atoms with Gasteiger partial charge in [-0.2, -0.15) is 5.26 Å². The first kappa shape index (κ1) is 21.4. The molecule has 0 amide bonds. The maximum atomic E-state index is 13.9. The molecule has 7 heteroatoms. The van der Waals surface area contributed by atoms with Crippen molar-refractivity contribution < 1.29 is 13.9 Å². The Balaban J connectivity index is 1.45. The first-order valence-corrected chi connectivity index (χ1v) is 11.6. The highest BCUT2D eigenvalue weighted by Gasteiger charge is 2.31. The van der Waals surface area contributed by atoms with E-state index in [-0.39, 0.29) is 5.82 Å². The van der Waals surface area contributed by atoms with E-state index in [4.69, 9.17) is 14.5 Å². The molecule has 35 heavy (non-hydrogen) atoms. The smallest absolute Gasteiger partial charge is 0.258 e. The normalized spacial score (nSPS) is 16.1. The maximum absolute atomic E-state index is 13.9. The van der Waals surface area contributed by atoms with Gasteiger partial charge < -0.3 is 9.47 Å². The van der Waals surface area contributed by atoms with Crippen molar-refractivity contribution >= 4 is 11.2 Å². The average molecular weight is 467 g/mol. The Bertz CT molecular complexity index is 1560. The number of hydrogen-bond acceptors (Lipinski definition) is 5. The van der Waals surface area contributed by atoms with Crippen molar-refractivity contribution in [2.45, 2.75) is 38.7 Å². The SMILES string of the molecule is COc1nccn2c(Cc3ccc4c(c3)COc3cc(F)ccc3C4=C(C)C#N)c(C3CC3)nc12. The highest BCUT2D eigenvalue weighted by molar-refractivity contribution is 5.88. The maximum Gasteiger partial charge on any atom is 0.258 e. The molecule has 2 aromatic heterocycles. The van der Waals surface area contributed by atoms with Crippen molar-refractivity contribution in [2.24, 2.45) is 0 Å². The summed E-state index contributed by atoms with van der Waals surface area (Å²) in [5.74, 6) is 1.07. The van der Waals surface area contributed by atoms with Gasteiger partial charge >= 0.3 is 0 Å². The summed E-state index contributed by atoms with van der Waals surface area (Å²) in [7, 11) is 1.61. The monoisotopic (exact) mass is 466 g/mol. The zero-order valence-corrected chi connectivity index (χ0v) is 19.5. The van der Waals surface area contributed by atoms with Crippen LogP contribution in [0.15, 0.2) is 54.4 Å². The summed E-state index contributed by atoms with van der Waals surface area (Å²) in [6, 6.07) is 13.0. The Morgan fingerprint density at radius 2 is 2.06 bits per heavy atom. The predicted octanol–water partition coefficient (Wildman–Crippen LogP) is 5.58. The summed E-state index contributed by atoms with van der Waals surface area (Å²) in [4.78, 5) is 9.21. The van der Waals surface area contributed by atoms with Gasteiger partial charge in [-0.05, 0) is 48.6 Å². The number of nitrogens with zero attached hydrogens (tertiary/aromatic N) is 4. The third kappa shape index (κ3) is 3.62. The van der Waals surface area contributed by atoms with Crippen LogP contribution in [0.4, 0.5) is 4.39 Å². The summed E-state index contributed by atoms with van der Waals surface area (Å²) in [5, 5.41) is 9.69. The number of allylic oxidation sites excluding steroid dienone is 1. The van der Waals surface area contributed by atoms with E-state index in [1.807, 2.05) is 12.3 Å². The van der Waals surface area contributed by atoms with Crippen LogP contribution in [0.2, 0.25) is 0 Å². The standard InChI is InChI=1S/C28H23FN4O2/c1-16(14-30)25-21-7-3-17(11-19(21)15-35-24-13-20(29)6-8-22(24)25)12-23-26(18-4-5-18)32-27-28(34-2)31-9-10-33(23)27/h3,6-11,13,18H,4-5,12,15H2,1-2H3. The molecule has 1 fully saturated rings. The molecule has 2 aliphatic rings. The molecule has 2 aromatic carbocycles. The molecule has 6 rings (SSSR count). The molecule has 0 N–H and O–H groups in total. The summed E-state index contributed by atoms with van der Waals surface area (Å²) >= 11 is 0. The van der Waals surface area contributed by atoms with Crippen molar-refractivity contribution in [2.75, 3.05) is 7.11 Å². The van der Waals surface area contributed by atoms with Gasteiger partial charge in [-0.25, -0.2) is 14.4 Å². The molecule has 1 aliphatic carbocycles. The van der Waals surface area contributed by atoms with Crippen LogP contribution in [0.3, 0.4) is 0 Å². The molecule has 6 nitrogen and oxygen atoms in total. The summed E-state index contributed by atoms with van der Waals surface area (Å²) in [6.45, 7) is 2.08. The second kappa shape index (κ2) is 8.24. The second-order valence-electron chi connectivity index (χ2n) is 9.06. The first-order valence-electron chi connectivity index (χ1n) is 11.6. The fourth-order valence-electron chi connectivity index (χ4n) is 4.92. The van der Waals surface area contributed by atoms with Crippen LogP contribution in [-0.2, 0) is 13.0 Å². The largest absolute Gasteiger partial charge is 0.488 e. The van der Waals surface area contributed by atoms with Gasteiger partial charge in [0, 0.05) is 47.5 Å². The number of benzene rings is 2. The molecule has 4 aromatic rings. The van der Waals surface area contributed by atoms with Crippen LogP contribution >= 0.6 is 0 Å². The Kier molecular flexibility index (Phi) is 5.03. The molecule has 0 bridgehead atoms.